The number of piperazine rings is 1. The Labute approximate surface area is 124 Å². The van der Waals surface area contributed by atoms with Gasteiger partial charge in [0, 0.05) is 31.7 Å². The molecule has 1 aliphatic rings. The maximum Gasteiger partial charge on any atom is 0.251 e. The quantitative estimate of drug-likeness (QED) is 0.829. The minimum absolute atomic E-state index is 0.0228. The smallest absolute Gasteiger partial charge is 0.251 e. The van der Waals surface area contributed by atoms with Crippen LogP contribution in [-0.2, 0) is 4.79 Å². The highest BCUT2D eigenvalue weighted by atomic mass is 16.5. The monoisotopic (exact) mass is 291 g/mol. The lowest BCUT2D eigenvalue weighted by Crippen LogP contribution is -2.49. The third-order valence-electron chi connectivity index (χ3n) is 3.54. The van der Waals surface area contributed by atoms with Crippen LogP contribution in [0.3, 0.4) is 0 Å². The zero-order valence-corrected chi connectivity index (χ0v) is 12.4. The van der Waals surface area contributed by atoms with Crippen LogP contribution in [0.5, 0.6) is 5.75 Å². The zero-order chi connectivity index (χ0) is 15.2. The van der Waals surface area contributed by atoms with Crippen LogP contribution in [0.15, 0.2) is 18.2 Å². The minimum atomic E-state index is -0.267. The second-order valence-corrected chi connectivity index (χ2v) is 5.00. The molecule has 2 rings (SSSR count). The van der Waals surface area contributed by atoms with Crippen molar-refractivity contribution < 1.29 is 14.3 Å². The molecule has 0 spiro atoms. The molecule has 0 unspecified atom stereocenters. The summed E-state index contributed by atoms with van der Waals surface area (Å²) >= 11 is 0. The van der Waals surface area contributed by atoms with Gasteiger partial charge in [-0.3, -0.25) is 9.59 Å². The van der Waals surface area contributed by atoms with Crippen LogP contribution >= 0.6 is 0 Å². The molecule has 1 aromatic carbocycles. The molecule has 21 heavy (non-hydrogen) atoms. The molecular formula is C15H21N3O3. The van der Waals surface area contributed by atoms with Crippen LogP contribution in [0.25, 0.3) is 0 Å². The molecule has 1 aromatic rings. The Hall–Kier alpha value is -2.08. The van der Waals surface area contributed by atoms with Crippen LogP contribution in [0.4, 0.5) is 0 Å². The van der Waals surface area contributed by atoms with Gasteiger partial charge in [0.2, 0.25) is 5.91 Å². The lowest BCUT2D eigenvalue weighted by molar-refractivity contribution is -0.130. The van der Waals surface area contributed by atoms with Gasteiger partial charge >= 0.3 is 0 Å². The van der Waals surface area contributed by atoms with Crippen molar-refractivity contribution in [2.24, 2.45) is 0 Å². The molecule has 0 aromatic heterocycles. The molecule has 0 radical (unpaired) electrons. The van der Waals surface area contributed by atoms with Crippen molar-refractivity contribution in [1.29, 1.82) is 0 Å². The molecular weight excluding hydrogens is 270 g/mol. The SMILES string of the molecule is COc1cc(C(=O)NCC(=O)N2CCNCC2)ccc1C. The highest BCUT2D eigenvalue weighted by molar-refractivity contribution is 5.96. The topological polar surface area (TPSA) is 70.7 Å². The van der Waals surface area contributed by atoms with Crippen LogP contribution in [0.1, 0.15) is 15.9 Å². The molecule has 6 heteroatoms. The van der Waals surface area contributed by atoms with Crippen LogP contribution in [0, 0.1) is 6.92 Å². The van der Waals surface area contributed by atoms with E-state index in [0.717, 1.165) is 18.7 Å². The average molecular weight is 291 g/mol. The first-order valence-electron chi connectivity index (χ1n) is 7.03. The molecule has 1 aliphatic heterocycles. The summed E-state index contributed by atoms with van der Waals surface area (Å²) in [5, 5.41) is 5.84. The molecule has 2 amide bonds. The van der Waals surface area contributed by atoms with E-state index < -0.39 is 0 Å². The van der Waals surface area contributed by atoms with E-state index in [1.54, 1.807) is 24.1 Å². The van der Waals surface area contributed by atoms with E-state index in [9.17, 15) is 9.59 Å². The third-order valence-corrected chi connectivity index (χ3v) is 3.54. The van der Waals surface area contributed by atoms with Crippen LogP contribution in [-0.4, -0.2) is 56.5 Å². The Morgan fingerprint density at radius 2 is 2.05 bits per heavy atom. The lowest BCUT2D eigenvalue weighted by Gasteiger charge is -2.27. The first-order chi connectivity index (χ1) is 10.1. The Balaban J connectivity index is 1.90. The maximum absolute atomic E-state index is 12.1. The van der Waals surface area contributed by atoms with E-state index in [4.69, 9.17) is 4.74 Å². The number of hydrogen-bond donors (Lipinski definition) is 2. The van der Waals surface area contributed by atoms with Gasteiger partial charge in [-0.15, -0.1) is 0 Å². The van der Waals surface area contributed by atoms with Crippen LogP contribution < -0.4 is 15.4 Å². The first kappa shape index (κ1) is 15.3. The van der Waals surface area contributed by atoms with E-state index in [1.807, 2.05) is 13.0 Å². The Morgan fingerprint density at radius 3 is 2.71 bits per heavy atom. The highest BCUT2D eigenvalue weighted by Crippen LogP contribution is 2.18. The fraction of sp³-hybridized carbons (Fsp3) is 0.467. The van der Waals surface area contributed by atoms with Crippen molar-refractivity contribution in [3.8, 4) is 5.75 Å². The average Bonchev–Trinajstić information content (AvgIpc) is 2.53. The van der Waals surface area contributed by atoms with Gasteiger partial charge < -0.3 is 20.3 Å². The molecule has 0 bridgehead atoms. The minimum Gasteiger partial charge on any atom is -0.496 e. The summed E-state index contributed by atoms with van der Waals surface area (Å²) in [6, 6.07) is 5.23. The summed E-state index contributed by atoms with van der Waals surface area (Å²) in [5.74, 6) is 0.344. The number of methoxy groups -OCH3 is 1. The summed E-state index contributed by atoms with van der Waals surface area (Å²) in [5.41, 5.74) is 1.46. The van der Waals surface area contributed by atoms with Gasteiger partial charge in [0.25, 0.3) is 5.91 Å². The third kappa shape index (κ3) is 3.95. The predicted molar refractivity (Wildman–Crippen MR) is 79.5 cm³/mol. The summed E-state index contributed by atoms with van der Waals surface area (Å²) in [7, 11) is 1.57. The van der Waals surface area contributed by atoms with E-state index >= 15 is 0 Å². The van der Waals surface area contributed by atoms with Gasteiger partial charge in [-0.25, -0.2) is 0 Å². The molecule has 6 nitrogen and oxygen atoms in total. The lowest BCUT2D eigenvalue weighted by atomic mass is 10.1. The molecule has 114 valence electrons. The van der Waals surface area contributed by atoms with Crippen molar-refractivity contribution in [2.75, 3.05) is 39.8 Å². The van der Waals surface area contributed by atoms with Crippen molar-refractivity contribution in [3.63, 3.8) is 0 Å². The number of hydrogen-bond acceptors (Lipinski definition) is 4. The number of aryl methyl sites for hydroxylation is 1. The summed E-state index contributed by atoms with van der Waals surface area (Å²) in [4.78, 5) is 25.8. The summed E-state index contributed by atoms with van der Waals surface area (Å²) in [6.45, 7) is 4.91. The number of benzene rings is 1. The normalized spacial score (nSPS) is 14.7. The number of rotatable bonds is 4. The second kappa shape index (κ2) is 7.08. The van der Waals surface area contributed by atoms with Gasteiger partial charge in [0.05, 0.1) is 13.7 Å². The standard InChI is InChI=1S/C15H21N3O3/c1-11-3-4-12(9-13(11)21-2)15(20)17-10-14(19)18-7-5-16-6-8-18/h3-4,9,16H,5-8,10H2,1-2H3,(H,17,20). The van der Waals surface area contributed by atoms with Crippen molar-refractivity contribution in [3.05, 3.63) is 29.3 Å². The van der Waals surface area contributed by atoms with Gasteiger partial charge in [-0.05, 0) is 24.6 Å². The number of amides is 2. The van der Waals surface area contributed by atoms with Crippen LogP contribution in [0.2, 0.25) is 0 Å². The Morgan fingerprint density at radius 1 is 1.33 bits per heavy atom. The van der Waals surface area contributed by atoms with Crippen molar-refractivity contribution in [2.45, 2.75) is 6.92 Å². The number of nitrogens with one attached hydrogen (secondary N) is 2. The molecule has 0 saturated carbocycles. The largest absolute Gasteiger partial charge is 0.496 e. The fourth-order valence-corrected chi connectivity index (χ4v) is 2.25. The number of ether oxygens (including phenoxy) is 1. The van der Waals surface area contributed by atoms with E-state index in [1.165, 1.54) is 0 Å². The Kier molecular flexibility index (Phi) is 5.16. The molecule has 0 atom stereocenters. The zero-order valence-electron chi connectivity index (χ0n) is 12.4. The molecule has 2 N–H and O–H groups in total. The number of nitrogens with zero attached hydrogens (tertiary/aromatic N) is 1. The van der Waals surface area contributed by atoms with Crippen molar-refractivity contribution in [1.82, 2.24) is 15.5 Å². The molecule has 1 fully saturated rings. The highest BCUT2D eigenvalue weighted by Gasteiger charge is 2.17. The van der Waals surface area contributed by atoms with E-state index in [2.05, 4.69) is 10.6 Å². The van der Waals surface area contributed by atoms with Crippen molar-refractivity contribution >= 4 is 11.8 Å². The van der Waals surface area contributed by atoms with Gasteiger partial charge in [-0.2, -0.15) is 0 Å². The summed E-state index contributed by atoms with van der Waals surface area (Å²) in [6.07, 6.45) is 0. The first-order valence-corrected chi connectivity index (χ1v) is 7.03. The summed E-state index contributed by atoms with van der Waals surface area (Å²) < 4.78 is 5.19. The fourth-order valence-electron chi connectivity index (χ4n) is 2.25. The van der Waals surface area contributed by atoms with Gasteiger partial charge in [0.1, 0.15) is 5.75 Å². The molecule has 0 aliphatic carbocycles. The predicted octanol–water partition coefficient (Wildman–Crippen LogP) is 0.165. The number of carbonyl (C=O) groups is 2. The number of carbonyl (C=O) groups excluding carboxylic acids is 2. The maximum atomic E-state index is 12.1. The molecule has 1 saturated heterocycles. The van der Waals surface area contributed by atoms with E-state index in [-0.39, 0.29) is 18.4 Å². The second-order valence-electron chi connectivity index (χ2n) is 5.00. The Bertz CT molecular complexity index is 525. The van der Waals surface area contributed by atoms with Gasteiger partial charge in [0.15, 0.2) is 0 Å². The van der Waals surface area contributed by atoms with Gasteiger partial charge in [-0.1, -0.05) is 6.07 Å². The van der Waals surface area contributed by atoms with E-state index in [0.29, 0.717) is 24.4 Å². The molecule has 1 heterocycles.